The fourth-order valence-corrected chi connectivity index (χ4v) is 3.58. The first-order chi connectivity index (χ1) is 16.7. The van der Waals surface area contributed by atoms with E-state index in [4.69, 9.17) is 0 Å². The van der Waals surface area contributed by atoms with Gasteiger partial charge in [0.25, 0.3) is 0 Å². The highest BCUT2D eigenvalue weighted by atomic mass is 19.4. The Bertz CT molecular complexity index is 1310. The van der Waals surface area contributed by atoms with Crippen LogP contribution in [0.4, 0.5) is 24.9 Å². The van der Waals surface area contributed by atoms with E-state index in [1.54, 1.807) is 29.3 Å². The lowest BCUT2D eigenvalue weighted by atomic mass is 10.2. The average molecular weight is 487 g/mol. The molecular formula is C23H25F3N8O. The molecule has 9 nitrogen and oxygen atoms in total. The van der Waals surface area contributed by atoms with E-state index in [2.05, 4.69) is 39.2 Å². The molecule has 0 amide bonds. The van der Waals surface area contributed by atoms with Crippen molar-refractivity contribution in [1.82, 2.24) is 29.3 Å². The zero-order valence-corrected chi connectivity index (χ0v) is 19.5. The summed E-state index contributed by atoms with van der Waals surface area (Å²) < 4.78 is 41.2. The standard InChI is InChI=1S/C23H25F3N8O/c1-4-15(2)32(3)21-20-18(7-8-33(20)14-35)30-22(31-21)28-10-17-11-29-34(13-17)12-16-5-6-19(27-9-16)23(24,25)26/h5-9,11,13-15H,4,10,12H2,1-3H3,(H,28,30,31). The van der Waals surface area contributed by atoms with Gasteiger partial charge in [-0.2, -0.15) is 23.3 Å². The van der Waals surface area contributed by atoms with Gasteiger partial charge in [-0.05, 0) is 31.0 Å². The van der Waals surface area contributed by atoms with Gasteiger partial charge in [0.05, 0.1) is 18.3 Å². The molecule has 0 aliphatic rings. The van der Waals surface area contributed by atoms with Crippen LogP contribution in [0.5, 0.6) is 0 Å². The molecule has 184 valence electrons. The second-order valence-corrected chi connectivity index (χ2v) is 8.25. The lowest BCUT2D eigenvalue weighted by Gasteiger charge is -2.26. The van der Waals surface area contributed by atoms with Gasteiger partial charge in [0.1, 0.15) is 11.2 Å². The molecule has 0 saturated heterocycles. The first-order valence-electron chi connectivity index (χ1n) is 11.0. The number of carbonyl (C=O) groups excluding carboxylic acids is 1. The first kappa shape index (κ1) is 24.2. The van der Waals surface area contributed by atoms with Gasteiger partial charge in [0, 0.05) is 43.8 Å². The molecule has 0 aliphatic carbocycles. The number of anilines is 2. The number of nitrogens with one attached hydrogen (secondary N) is 1. The van der Waals surface area contributed by atoms with Crippen LogP contribution in [-0.2, 0) is 24.1 Å². The van der Waals surface area contributed by atoms with E-state index in [-0.39, 0.29) is 12.6 Å². The summed E-state index contributed by atoms with van der Waals surface area (Å²) in [7, 11) is 1.93. The zero-order chi connectivity index (χ0) is 25.2. The molecular weight excluding hydrogens is 461 g/mol. The van der Waals surface area contributed by atoms with E-state index in [1.165, 1.54) is 16.8 Å². The minimum Gasteiger partial charge on any atom is -0.355 e. The minimum atomic E-state index is -4.47. The lowest BCUT2D eigenvalue weighted by Crippen LogP contribution is -2.29. The Labute approximate surface area is 199 Å². The van der Waals surface area contributed by atoms with Gasteiger partial charge in [-0.25, -0.2) is 4.98 Å². The third-order valence-corrected chi connectivity index (χ3v) is 5.84. The number of hydrogen-bond donors (Lipinski definition) is 1. The molecule has 35 heavy (non-hydrogen) atoms. The highest BCUT2D eigenvalue weighted by Crippen LogP contribution is 2.28. The number of hydrogen-bond acceptors (Lipinski definition) is 7. The first-order valence-corrected chi connectivity index (χ1v) is 11.0. The average Bonchev–Trinajstić information content (AvgIpc) is 3.47. The minimum absolute atomic E-state index is 0.203. The van der Waals surface area contributed by atoms with Crippen molar-refractivity contribution in [3.8, 4) is 0 Å². The highest BCUT2D eigenvalue weighted by Gasteiger charge is 2.32. The van der Waals surface area contributed by atoms with Crippen LogP contribution in [0.3, 0.4) is 0 Å². The summed E-state index contributed by atoms with van der Waals surface area (Å²) >= 11 is 0. The Kier molecular flexibility index (Phi) is 6.72. The van der Waals surface area contributed by atoms with Crippen molar-refractivity contribution in [2.45, 2.75) is 45.6 Å². The Morgan fingerprint density at radius 1 is 1.17 bits per heavy atom. The fourth-order valence-electron chi connectivity index (χ4n) is 3.58. The molecule has 0 saturated carbocycles. The molecule has 0 aliphatic heterocycles. The van der Waals surface area contributed by atoms with E-state index in [0.717, 1.165) is 24.5 Å². The number of alkyl halides is 3. The van der Waals surface area contributed by atoms with E-state index in [9.17, 15) is 18.0 Å². The normalized spacial score (nSPS) is 12.6. The molecule has 12 heteroatoms. The van der Waals surface area contributed by atoms with E-state index >= 15 is 0 Å². The Hall–Kier alpha value is -3.96. The summed E-state index contributed by atoms with van der Waals surface area (Å²) in [5.74, 6) is 1.06. The van der Waals surface area contributed by atoms with Crippen LogP contribution in [0.15, 0.2) is 43.0 Å². The van der Waals surface area contributed by atoms with Crippen LogP contribution in [0.1, 0.15) is 37.1 Å². The predicted molar refractivity (Wildman–Crippen MR) is 126 cm³/mol. The fraction of sp³-hybridized carbons (Fsp3) is 0.348. The maximum absolute atomic E-state index is 12.7. The largest absolute Gasteiger partial charge is 0.433 e. The Morgan fingerprint density at radius 3 is 2.63 bits per heavy atom. The molecule has 0 spiro atoms. The molecule has 4 aromatic heterocycles. The van der Waals surface area contributed by atoms with Gasteiger partial charge in [-0.3, -0.25) is 19.0 Å². The Morgan fingerprint density at radius 2 is 1.97 bits per heavy atom. The molecule has 0 bridgehead atoms. The van der Waals surface area contributed by atoms with Gasteiger partial charge in [-0.15, -0.1) is 0 Å². The summed E-state index contributed by atoms with van der Waals surface area (Å²) in [6.07, 6.45) is 3.48. The molecule has 4 aromatic rings. The third kappa shape index (κ3) is 5.26. The summed E-state index contributed by atoms with van der Waals surface area (Å²) in [6, 6.07) is 4.31. The topological polar surface area (TPSA) is 93.8 Å². The molecule has 4 heterocycles. The lowest BCUT2D eigenvalue weighted by molar-refractivity contribution is -0.141. The van der Waals surface area contributed by atoms with E-state index in [1.807, 2.05) is 11.9 Å². The second kappa shape index (κ2) is 9.72. The molecule has 0 aromatic carbocycles. The summed E-state index contributed by atoms with van der Waals surface area (Å²) in [4.78, 5) is 26.2. The van der Waals surface area contributed by atoms with Crippen molar-refractivity contribution in [3.63, 3.8) is 0 Å². The van der Waals surface area contributed by atoms with Crippen molar-refractivity contribution in [1.29, 1.82) is 0 Å². The maximum atomic E-state index is 12.7. The van der Waals surface area contributed by atoms with Crippen LogP contribution in [-0.4, -0.2) is 48.8 Å². The van der Waals surface area contributed by atoms with E-state index < -0.39 is 11.9 Å². The van der Waals surface area contributed by atoms with Crippen LogP contribution < -0.4 is 10.2 Å². The SMILES string of the molecule is CCC(C)N(C)c1nc(NCc2cnn(Cc3ccc(C(F)(F)F)nc3)c2)nc2ccn(C=O)c12. The summed E-state index contributed by atoms with van der Waals surface area (Å²) in [6.45, 7) is 4.83. The third-order valence-electron chi connectivity index (χ3n) is 5.84. The zero-order valence-electron chi connectivity index (χ0n) is 19.5. The molecule has 1 N–H and O–H groups in total. The van der Waals surface area contributed by atoms with Gasteiger partial charge >= 0.3 is 6.18 Å². The monoisotopic (exact) mass is 486 g/mol. The van der Waals surface area contributed by atoms with Crippen molar-refractivity contribution in [2.75, 3.05) is 17.3 Å². The number of rotatable bonds is 9. The van der Waals surface area contributed by atoms with Crippen molar-refractivity contribution < 1.29 is 18.0 Å². The van der Waals surface area contributed by atoms with Crippen molar-refractivity contribution in [3.05, 3.63) is 59.8 Å². The van der Waals surface area contributed by atoms with Crippen LogP contribution in [0, 0.1) is 0 Å². The summed E-state index contributed by atoms with van der Waals surface area (Å²) in [5, 5.41) is 7.47. The quantitative estimate of drug-likeness (QED) is 0.358. The summed E-state index contributed by atoms with van der Waals surface area (Å²) in [5.41, 5.74) is 1.81. The number of carbonyl (C=O) groups is 1. The number of fused-ring (bicyclic) bond motifs is 1. The van der Waals surface area contributed by atoms with Gasteiger partial charge in [-0.1, -0.05) is 13.0 Å². The molecule has 0 fully saturated rings. The highest BCUT2D eigenvalue weighted by molar-refractivity contribution is 5.92. The predicted octanol–water partition coefficient (Wildman–Crippen LogP) is 3.98. The second-order valence-electron chi connectivity index (χ2n) is 8.25. The van der Waals surface area contributed by atoms with Crippen LogP contribution >= 0.6 is 0 Å². The maximum Gasteiger partial charge on any atom is 0.433 e. The molecule has 1 unspecified atom stereocenters. The van der Waals surface area contributed by atoms with Gasteiger partial charge < -0.3 is 10.2 Å². The number of halogens is 3. The van der Waals surface area contributed by atoms with Gasteiger partial charge in [0.2, 0.25) is 12.4 Å². The van der Waals surface area contributed by atoms with E-state index in [0.29, 0.717) is 34.9 Å². The van der Waals surface area contributed by atoms with Crippen molar-refractivity contribution >= 4 is 29.2 Å². The Balaban J connectivity index is 1.49. The number of pyridine rings is 1. The van der Waals surface area contributed by atoms with Gasteiger partial charge in [0.15, 0.2) is 5.82 Å². The molecule has 0 radical (unpaired) electrons. The van der Waals surface area contributed by atoms with Crippen molar-refractivity contribution in [2.24, 2.45) is 0 Å². The van der Waals surface area contributed by atoms with Crippen LogP contribution in [0.25, 0.3) is 11.0 Å². The number of nitrogens with zero attached hydrogens (tertiary/aromatic N) is 7. The number of aromatic nitrogens is 6. The molecule has 1 atom stereocenters. The smallest absolute Gasteiger partial charge is 0.355 e. The molecule has 4 rings (SSSR count). The van der Waals surface area contributed by atoms with Crippen LogP contribution in [0.2, 0.25) is 0 Å².